The fourth-order valence-electron chi connectivity index (χ4n) is 1.67. The lowest BCUT2D eigenvalue weighted by atomic mass is 10.1. The number of hydrogen-bond donors (Lipinski definition) is 3. The van der Waals surface area contributed by atoms with Crippen LogP contribution in [0.15, 0.2) is 42.5 Å². The van der Waals surface area contributed by atoms with Crippen molar-refractivity contribution in [3.63, 3.8) is 0 Å². The molecule has 21 heavy (non-hydrogen) atoms. The number of carbonyl (C=O) groups is 2. The molecule has 0 saturated carbocycles. The molecule has 5 nitrogen and oxygen atoms in total. The monoisotopic (exact) mass is 292 g/mol. The predicted octanol–water partition coefficient (Wildman–Crippen LogP) is 3.31. The Hall–Kier alpha value is -2.96. The van der Waals surface area contributed by atoms with E-state index in [1.165, 1.54) is 24.3 Å². The molecule has 0 bridgehead atoms. The van der Waals surface area contributed by atoms with Crippen LogP contribution in [0.4, 0.5) is 25.0 Å². The second kappa shape index (κ2) is 6.00. The van der Waals surface area contributed by atoms with Crippen LogP contribution in [0.1, 0.15) is 10.4 Å². The average molecular weight is 292 g/mol. The van der Waals surface area contributed by atoms with E-state index in [4.69, 9.17) is 5.11 Å². The summed E-state index contributed by atoms with van der Waals surface area (Å²) >= 11 is 0. The molecule has 0 atom stereocenters. The quantitative estimate of drug-likeness (QED) is 0.812. The number of para-hydroxylation sites is 1. The van der Waals surface area contributed by atoms with Crippen molar-refractivity contribution >= 4 is 23.4 Å². The van der Waals surface area contributed by atoms with E-state index < -0.39 is 29.3 Å². The number of hydrogen-bond acceptors (Lipinski definition) is 2. The number of amides is 2. The van der Waals surface area contributed by atoms with Crippen molar-refractivity contribution in [3.8, 4) is 0 Å². The molecular weight excluding hydrogens is 282 g/mol. The highest BCUT2D eigenvalue weighted by Gasteiger charge is 2.16. The minimum atomic E-state index is -1.38. The minimum absolute atomic E-state index is 0.153. The Bertz CT molecular complexity index is 704. The van der Waals surface area contributed by atoms with Crippen LogP contribution in [0.3, 0.4) is 0 Å². The third kappa shape index (κ3) is 3.53. The van der Waals surface area contributed by atoms with E-state index in [0.29, 0.717) is 0 Å². The topological polar surface area (TPSA) is 78.4 Å². The number of urea groups is 1. The molecule has 2 aromatic rings. The van der Waals surface area contributed by atoms with Gasteiger partial charge in [0, 0.05) is 5.69 Å². The lowest BCUT2D eigenvalue weighted by Gasteiger charge is -2.10. The molecule has 0 saturated heterocycles. The van der Waals surface area contributed by atoms with Crippen molar-refractivity contribution < 1.29 is 23.5 Å². The molecule has 3 N–H and O–H groups in total. The first-order valence-corrected chi connectivity index (χ1v) is 5.83. The van der Waals surface area contributed by atoms with Gasteiger partial charge in [0.15, 0.2) is 0 Å². The number of nitrogens with one attached hydrogen (secondary N) is 2. The van der Waals surface area contributed by atoms with Crippen LogP contribution >= 0.6 is 0 Å². The fourth-order valence-corrected chi connectivity index (χ4v) is 1.67. The third-order valence-corrected chi connectivity index (χ3v) is 2.57. The van der Waals surface area contributed by atoms with E-state index in [-0.39, 0.29) is 11.3 Å². The Morgan fingerprint density at radius 1 is 1.00 bits per heavy atom. The molecule has 2 amide bonds. The van der Waals surface area contributed by atoms with Crippen molar-refractivity contribution in [1.29, 1.82) is 0 Å². The predicted molar refractivity (Wildman–Crippen MR) is 72.4 cm³/mol. The molecule has 0 heterocycles. The maximum atomic E-state index is 13.6. The van der Waals surface area contributed by atoms with Crippen LogP contribution in [-0.4, -0.2) is 17.1 Å². The van der Waals surface area contributed by atoms with Gasteiger partial charge in [0.05, 0.1) is 11.3 Å². The number of aromatic carboxylic acids is 1. The zero-order valence-corrected chi connectivity index (χ0v) is 10.6. The van der Waals surface area contributed by atoms with Gasteiger partial charge in [-0.1, -0.05) is 12.1 Å². The Morgan fingerprint density at radius 3 is 2.38 bits per heavy atom. The van der Waals surface area contributed by atoms with Gasteiger partial charge in [-0.3, -0.25) is 0 Å². The molecule has 0 radical (unpaired) electrons. The van der Waals surface area contributed by atoms with E-state index in [0.717, 1.165) is 18.2 Å². The summed E-state index contributed by atoms with van der Waals surface area (Å²) in [7, 11) is 0. The summed E-state index contributed by atoms with van der Waals surface area (Å²) in [6.07, 6.45) is 0. The molecular formula is C14H10F2N2O3. The largest absolute Gasteiger partial charge is 0.478 e. The van der Waals surface area contributed by atoms with E-state index in [1.807, 2.05) is 0 Å². The lowest BCUT2D eigenvalue weighted by Crippen LogP contribution is -2.22. The standard InChI is InChI=1S/C14H10F2N2O3/c15-8-3-1-4-9(7-8)17-14(21)18-12-10(13(19)20)5-2-6-11(12)16/h1-7H,(H,19,20)(H2,17,18,21). The molecule has 0 aliphatic heterocycles. The molecule has 0 aliphatic rings. The van der Waals surface area contributed by atoms with Gasteiger partial charge in [-0.15, -0.1) is 0 Å². The van der Waals surface area contributed by atoms with Gasteiger partial charge >= 0.3 is 12.0 Å². The average Bonchev–Trinajstić information content (AvgIpc) is 2.40. The van der Waals surface area contributed by atoms with Crippen molar-refractivity contribution in [2.24, 2.45) is 0 Å². The summed E-state index contributed by atoms with van der Waals surface area (Å²) in [5.41, 5.74) is -0.691. The Kier molecular flexibility index (Phi) is 4.13. The zero-order chi connectivity index (χ0) is 15.4. The summed E-state index contributed by atoms with van der Waals surface area (Å²) in [4.78, 5) is 22.7. The van der Waals surface area contributed by atoms with E-state index in [2.05, 4.69) is 10.6 Å². The minimum Gasteiger partial charge on any atom is -0.478 e. The van der Waals surface area contributed by atoms with Gasteiger partial charge in [0.25, 0.3) is 0 Å². The molecule has 0 aliphatic carbocycles. The third-order valence-electron chi connectivity index (χ3n) is 2.57. The SMILES string of the molecule is O=C(Nc1cccc(F)c1)Nc1c(F)cccc1C(=O)O. The maximum Gasteiger partial charge on any atom is 0.337 e. The lowest BCUT2D eigenvalue weighted by molar-refractivity contribution is 0.0697. The van der Waals surface area contributed by atoms with Gasteiger partial charge in [-0.05, 0) is 30.3 Å². The first-order valence-electron chi connectivity index (χ1n) is 5.83. The highest BCUT2D eigenvalue weighted by molar-refractivity contribution is 6.04. The van der Waals surface area contributed by atoms with Crippen LogP contribution in [-0.2, 0) is 0 Å². The van der Waals surface area contributed by atoms with Gasteiger partial charge < -0.3 is 15.7 Å². The van der Waals surface area contributed by atoms with Crippen LogP contribution in [0.5, 0.6) is 0 Å². The maximum absolute atomic E-state index is 13.6. The Balaban J connectivity index is 2.18. The molecule has 2 aromatic carbocycles. The highest BCUT2D eigenvalue weighted by Crippen LogP contribution is 2.20. The summed E-state index contributed by atoms with van der Waals surface area (Å²) in [6.45, 7) is 0. The van der Waals surface area contributed by atoms with Crippen molar-refractivity contribution in [3.05, 3.63) is 59.7 Å². The summed E-state index contributed by atoms with van der Waals surface area (Å²) < 4.78 is 26.6. The number of carboxylic acids is 1. The van der Waals surface area contributed by atoms with E-state index in [9.17, 15) is 18.4 Å². The molecule has 0 fully saturated rings. The van der Waals surface area contributed by atoms with Gasteiger partial charge in [0.1, 0.15) is 11.6 Å². The second-order valence-electron chi connectivity index (χ2n) is 4.06. The van der Waals surface area contributed by atoms with Gasteiger partial charge in [-0.25, -0.2) is 18.4 Å². The van der Waals surface area contributed by atoms with Crippen LogP contribution in [0.25, 0.3) is 0 Å². The first-order chi connectivity index (χ1) is 9.97. The summed E-state index contributed by atoms with van der Waals surface area (Å²) in [5.74, 6) is -2.82. The van der Waals surface area contributed by atoms with Gasteiger partial charge in [-0.2, -0.15) is 0 Å². The number of rotatable bonds is 3. The number of halogens is 2. The van der Waals surface area contributed by atoms with E-state index >= 15 is 0 Å². The van der Waals surface area contributed by atoms with Crippen molar-refractivity contribution in [2.75, 3.05) is 10.6 Å². The highest BCUT2D eigenvalue weighted by atomic mass is 19.1. The normalized spacial score (nSPS) is 10.0. The number of carboxylic acid groups (broad SMARTS) is 1. The zero-order valence-electron chi connectivity index (χ0n) is 10.6. The van der Waals surface area contributed by atoms with Crippen molar-refractivity contribution in [2.45, 2.75) is 0 Å². The molecule has 0 aromatic heterocycles. The second-order valence-corrected chi connectivity index (χ2v) is 4.06. The first kappa shape index (κ1) is 14.4. The molecule has 0 spiro atoms. The smallest absolute Gasteiger partial charge is 0.337 e. The molecule has 108 valence electrons. The summed E-state index contributed by atoms with van der Waals surface area (Å²) in [6, 6.07) is 7.59. The van der Waals surface area contributed by atoms with Crippen LogP contribution in [0, 0.1) is 11.6 Å². The number of carbonyl (C=O) groups excluding carboxylic acids is 1. The number of anilines is 2. The fraction of sp³-hybridized carbons (Fsp3) is 0. The summed E-state index contributed by atoms with van der Waals surface area (Å²) in [5, 5.41) is 13.3. The van der Waals surface area contributed by atoms with Gasteiger partial charge in [0.2, 0.25) is 0 Å². The molecule has 7 heteroatoms. The van der Waals surface area contributed by atoms with Crippen molar-refractivity contribution in [1.82, 2.24) is 0 Å². The van der Waals surface area contributed by atoms with E-state index in [1.54, 1.807) is 0 Å². The van der Waals surface area contributed by atoms with Crippen LogP contribution in [0.2, 0.25) is 0 Å². The number of benzene rings is 2. The molecule has 0 unspecified atom stereocenters. The molecule has 2 rings (SSSR count). The Morgan fingerprint density at radius 2 is 1.71 bits per heavy atom. The Labute approximate surface area is 118 Å². The van der Waals surface area contributed by atoms with Crippen LogP contribution < -0.4 is 10.6 Å².